The van der Waals surface area contributed by atoms with E-state index in [4.69, 9.17) is 4.74 Å². The van der Waals surface area contributed by atoms with E-state index >= 15 is 0 Å². The van der Waals surface area contributed by atoms with E-state index in [0.717, 1.165) is 22.0 Å². The Balaban J connectivity index is 1.48. The molecule has 4 rings (SSSR count). The molecule has 0 fully saturated rings. The first-order valence-electron chi connectivity index (χ1n) is 12.4. The van der Waals surface area contributed by atoms with E-state index in [2.05, 4.69) is 11.1 Å². The molecule has 1 aromatic heterocycles. The molecule has 4 aromatic rings. The number of fused-ring (bicyclic) bond motifs is 1. The molecule has 0 saturated carbocycles. The number of ether oxygens (including phenoxy) is 1. The topological polar surface area (TPSA) is 65.6 Å². The van der Waals surface area contributed by atoms with Crippen LogP contribution < -0.4 is 0 Å². The summed E-state index contributed by atoms with van der Waals surface area (Å²) in [4.78, 5) is 33.3. The number of hydrogen-bond acceptors (Lipinski definition) is 3. The fourth-order valence-electron chi connectivity index (χ4n) is 4.33. The Morgan fingerprint density at radius 1 is 0.838 bits per heavy atom. The Morgan fingerprint density at radius 2 is 1.57 bits per heavy atom. The number of aromatic amines is 1. The fourth-order valence-corrected chi connectivity index (χ4v) is 4.33. The molecule has 0 unspecified atom stereocenters. The summed E-state index contributed by atoms with van der Waals surface area (Å²) in [7, 11) is 1.56. The lowest BCUT2D eigenvalue weighted by Crippen LogP contribution is -2.45. The number of rotatable bonds is 12. The Morgan fingerprint density at radius 3 is 2.32 bits per heavy atom. The van der Waals surface area contributed by atoms with E-state index in [-0.39, 0.29) is 30.6 Å². The zero-order valence-electron chi connectivity index (χ0n) is 21.0. The van der Waals surface area contributed by atoms with Crippen LogP contribution in [0.25, 0.3) is 10.9 Å². The van der Waals surface area contributed by atoms with Gasteiger partial charge in [0.05, 0.1) is 19.6 Å². The van der Waals surface area contributed by atoms with Crippen LogP contribution in [0.5, 0.6) is 0 Å². The normalized spacial score (nSPS) is 11.0. The van der Waals surface area contributed by atoms with Crippen molar-refractivity contribution in [2.24, 2.45) is 0 Å². The van der Waals surface area contributed by atoms with Crippen molar-refractivity contribution in [2.75, 3.05) is 33.4 Å². The zero-order valence-corrected chi connectivity index (χ0v) is 21.0. The van der Waals surface area contributed by atoms with Gasteiger partial charge in [0.25, 0.3) is 0 Å². The van der Waals surface area contributed by atoms with Gasteiger partial charge in [0.15, 0.2) is 0 Å². The van der Waals surface area contributed by atoms with Gasteiger partial charge >= 0.3 is 0 Å². The minimum absolute atomic E-state index is 0.0515. The molecular weight excluding hydrogens is 469 g/mol. The molecule has 0 saturated heterocycles. The van der Waals surface area contributed by atoms with Crippen molar-refractivity contribution in [2.45, 2.75) is 19.4 Å². The van der Waals surface area contributed by atoms with E-state index < -0.39 is 0 Å². The molecule has 3 aromatic carbocycles. The van der Waals surface area contributed by atoms with Crippen LogP contribution in [0.2, 0.25) is 0 Å². The summed E-state index contributed by atoms with van der Waals surface area (Å²) in [5.41, 5.74) is 3.93. The number of H-pyrrole nitrogens is 1. The predicted molar refractivity (Wildman–Crippen MR) is 142 cm³/mol. The van der Waals surface area contributed by atoms with Crippen LogP contribution in [0.1, 0.15) is 16.7 Å². The molecule has 0 radical (unpaired) electrons. The molecule has 37 heavy (non-hydrogen) atoms. The van der Waals surface area contributed by atoms with Gasteiger partial charge in [-0.05, 0) is 41.3 Å². The van der Waals surface area contributed by atoms with Crippen molar-refractivity contribution >= 4 is 22.7 Å². The Labute approximate surface area is 216 Å². The van der Waals surface area contributed by atoms with Crippen molar-refractivity contribution in [3.05, 3.63) is 108 Å². The van der Waals surface area contributed by atoms with Gasteiger partial charge in [0, 0.05) is 43.8 Å². The molecule has 0 aliphatic carbocycles. The second-order valence-electron chi connectivity index (χ2n) is 9.02. The van der Waals surface area contributed by atoms with Crippen molar-refractivity contribution in [1.82, 2.24) is 14.8 Å². The molecule has 2 amide bonds. The third-order valence-electron chi connectivity index (χ3n) is 6.41. The first-order chi connectivity index (χ1) is 18.0. The Bertz CT molecular complexity index is 1300. The highest BCUT2D eigenvalue weighted by molar-refractivity contribution is 5.86. The van der Waals surface area contributed by atoms with Crippen molar-refractivity contribution in [1.29, 1.82) is 0 Å². The number of carbonyl (C=O) groups is 2. The number of benzene rings is 3. The lowest BCUT2D eigenvalue weighted by Gasteiger charge is -2.28. The highest BCUT2D eigenvalue weighted by Gasteiger charge is 2.22. The maximum absolute atomic E-state index is 13.6. The molecule has 0 atom stereocenters. The number of halogens is 1. The number of carbonyl (C=O) groups excluding carboxylic acids is 2. The van der Waals surface area contributed by atoms with Gasteiger partial charge in [0.1, 0.15) is 5.82 Å². The minimum atomic E-state index is -0.352. The molecule has 0 aliphatic heterocycles. The van der Waals surface area contributed by atoms with Crippen LogP contribution in [-0.4, -0.2) is 59.9 Å². The zero-order chi connectivity index (χ0) is 26.0. The van der Waals surface area contributed by atoms with E-state index in [1.165, 1.54) is 17.0 Å². The van der Waals surface area contributed by atoms with Crippen molar-refractivity contribution in [3.63, 3.8) is 0 Å². The third-order valence-corrected chi connectivity index (χ3v) is 6.41. The van der Waals surface area contributed by atoms with Gasteiger partial charge in [-0.2, -0.15) is 0 Å². The average molecular weight is 502 g/mol. The van der Waals surface area contributed by atoms with Crippen LogP contribution in [0.4, 0.5) is 4.39 Å². The van der Waals surface area contributed by atoms with Gasteiger partial charge in [-0.3, -0.25) is 9.59 Å². The lowest BCUT2D eigenvalue weighted by atomic mass is 10.1. The maximum Gasteiger partial charge on any atom is 0.242 e. The molecule has 1 N–H and O–H groups in total. The van der Waals surface area contributed by atoms with Crippen LogP contribution in [0, 0.1) is 5.82 Å². The Hall–Kier alpha value is -3.97. The van der Waals surface area contributed by atoms with Crippen LogP contribution >= 0.6 is 0 Å². The first-order valence-corrected chi connectivity index (χ1v) is 12.4. The second-order valence-corrected chi connectivity index (χ2v) is 9.02. The van der Waals surface area contributed by atoms with Gasteiger partial charge in [-0.1, -0.05) is 60.7 Å². The molecule has 1 heterocycles. The van der Waals surface area contributed by atoms with E-state index in [9.17, 15) is 14.0 Å². The molecule has 0 bridgehead atoms. The van der Waals surface area contributed by atoms with Crippen LogP contribution in [0.15, 0.2) is 85.1 Å². The predicted octanol–water partition coefficient (Wildman–Crippen LogP) is 4.60. The monoisotopic (exact) mass is 501 g/mol. The summed E-state index contributed by atoms with van der Waals surface area (Å²) in [6, 6.07) is 23.8. The second kappa shape index (κ2) is 12.8. The van der Waals surface area contributed by atoms with Crippen LogP contribution in [-0.2, 0) is 33.7 Å². The summed E-state index contributed by atoms with van der Waals surface area (Å²) < 4.78 is 18.5. The summed E-state index contributed by atoms with van der Waals surface area (Å²) in [5, 5.41) is 1.14. The minimum Gasteiger partial charge on any atom is -0.383 e. The first kappa shape index (κ1) is 26.1. The maximum atomic E-state index is 13.6. The quantitative estimate of drug-likeness (QED) is 0.309. The van der Waals surface area contributed by atoms with Gasteiger partial charge < -0.3 is 19.5 Å². The van der Waals surface area contributed by atoms with Crippen LogP contribution in [0.3, 0.4) is 0 Å². The van der Waals surface area contributed by atoms with Gasteiger partial charge in [0.2, 0.25) is 11.8 Å². The van der Waals surface area contributed by atoms with E-state index in [1.807, 2.05) is 59.6 Å². The van der Waals surface area contributed by atoms with Crippen molar-refractivity contribution < 1.29 is 18.7 Å². The number of aromatic nitrogens is 1. The van der Waals surface area contributed by atoms with E-state index in [1.54, 1.807) is 19.2 Å². The molecule has 0 spiro atoms. The average Bonchev–Trinajstić information content (AvgIpc) is 3.33. The fraction of sp³-hybridized carbons (Fsp3) is 0.267. The number of hydrogen-bond donors (Lipinski definition) is 1. The summed E-state index contributed by atoms with van der Waals surface area (Å²) in [6.07, 6.45) is 2.77. The largest absolute Gasteiger partial charge is 0.383 e. The summed E-state index contributed by atoms with van der Waals surface area (Å²) >= 11 is 0. The van der Waals surface area contributed by atoms with Gasteiger partial charge in [-0.15, -0.1) is 0 Å². The number of amides is 2. The lowest BCUT2D eigenvalue weighted by molar-refractivity contribution is -0.141. The standard InChI is InChI=1S/C30H32FN3O3/c1-37-18-17-34(29(35)19-23-11-13-26(31)14-12-23)22-30(36)33(21-24-7-3-2-4-8-24)16-15-25-20-32-28-10-6-5-9-27(25)28/h2-14,20,32H,15-19,21-22H2,1H3. The number of nitrogens with zero attached hydrogens (tertiary/aromatic N) is 2. The highest BCUT2D eigenvalue weighted by Crippen LogP contribution is 2.19. The number of para-hydroxylation sites is 1. The molecule has 0 aliphatic rings. The SMILES string of the molecule is COCCN(CC(=O)N(CCc1c[nH]c2ccccc12)Cc1ccccc1)C(=O)Cc1ccc(F)cc1. The van der Waals surface area contributed by atoms with Gasteiger partial charge in [-0.25, -0.2) is 4.39 Å². The Kier molecular flexibility index (Phi) is 9.05. The van der Waals surface area contributed by atoms with Crippen molar-refractivity contribution in [3.8, 4) is 0 Å². The molecular formula is C30H32FN3O3. The molecule has 7 heteroatoms. The third kappa shape index (κ3) is 7.27. The highest BCUT2D eigenvalue weighted by atomic mass is 19.1. The molecule has 6 nitrogen and oxygen atoms in total. The number of nitrogens with one attached hydrogen (secondary N) is 1. The molecule has 192 valence electrons. The summed E-state index contributed by atoms with van der Waals surface area (Å²) in [5.74, 6) is -0.685. The smallest absolute Gasteiger partial charge is 0.242 e. The summed E-state index contributed by atoms with van der Waals surface area (Å²) in [6.45, 7) is 1.52. The van der Waals surface area contributed by atoms with E-state index in [0.29, 0.717) is 38.2 Å². The number of methoxy groups -OCH3 is 1.